The number of carbonyl (C=O) groups is 2. The Kier molecular flexibility index (Phi) is 5.95. The summed E-state index contributed by atoms with van der Waals surface area (Å²) in [6.07, 6.45) is -0.754. The van der Waals surface area contributed by atoms with Crippen molar-refractivity contribution in [1.29, 1.82) is 0 Å². The molecule has 174 valence electrons. The molecule has 0 aliphatic heterocycles. The zero-order valence-electron chi connectivity index (χ0n) is 18.2. The number of amides is 1. The van der Waals surface area contributed by atoms with Crippen molar-refractivity contribution in [3.05, 3.63) is 71.4 Å². The molecule has 3 aromatic rings. The van der Waals surface area contributed by atoms with E-state index in [-0.39, 0.29) is 12.3 Å². The first-order valence-electron chi connectivity index (χ1n) is 10.8. The second kappa shape index (κ2) is 8.57. The lowest BCUT2D eigenvalue weighted by Gasteiger charge is -2.47. The lowest BCUT2D eigenvalue weighted by atomic mass is 9.66. The Bertz CT molecular complexity index is 1180. The Balaban J connectivity index is 1.59. The standard InChI is InChI=1S/C25H25F3N2O3/c1-16-13-24(14-16,11-9-21(31)32)29-23(33)20-4-2-3-18-10-12-30(22(18)20)15-17-5-7-19(8-6-17)25(26,27)28/h2-8,10,12,16H,9,11,13-15H2,1H3,(H,29,33)(H,31,32). The normalized spacial score (nSPS) is 20.4. The van der Waals surface area contributed by atoms with E-state index in [0.29, 0.717) is 35.5 Å². The molecule has 5 nitrogen and oxygen atoms in total. The van der Waals surface area contributed by atoms with Gasteiger partial charge < -0.3 is 15.0 Å². The van der Waals surface area contributed by atoms with Gasteiger partial charge in [0.15, 0.2) is 0 Å². The Morgan fingerprint density at radius 3 is 2.42 bits per heavy atom. The van der Waals surface area contributed by atoms with E-state index in [0.717, 1.165) is 30.4 Å². The fourth-order valence-electron chi connectivity index (χ4n) is 4.87. The molecule has 0 spiro atoms. The van der Waals surface area contributed by atoms with Gasteiger partial charge in [-0.05, 0) is 55.0 Å². The number of nitrogens with one attached hydrogen (secondary N) is 1. The average molecular weight is 458 g/mol. The van der Waals surface area contributed by atoms with E-state index >= 15 is 0 Å². The number of alkyl halides is 3. The van der Waals surface area contributed by atoms with Gasteiger partial charge in [0, 0.05) is 30.1 Å². The summed E-state index contributed by atoms with van der Waals surface area (Å²) in [4.78, 5) is 24.4. The number of aliphatic carboxylic acids is 1. The van der Waals surface area contributed by atoms with Crippen LogP contribution in [0.1, 0.15) is 54.1 Å². The zero-order valence-corrected chi connectivity index (χ0v) is 18.2. The van der Waals surface area contributed by atoms with Crippen LogP contribution in [0.25, 0.3) is 10.9 Å². The number of aromatic nitrogens is 1. The molecule has 0 radical (unpaired) electrons. The number of halogens is 3. The van der Waals surface area contributed by atoms with Crippen LogP contribution in [0.4, 0.5) is 13.2 Å². The lowest BCUT2D eigenvalue weighted by molar-refractivity contribution is -0.138. The maximum atomic E-state index is 13.3. The summed E-state index contributed by atoms with van der Waals surface area (Å²) in [6, 6.07) is 12.2. The maximum absolute atomic E-state index is 13.3. The molecule has 4 rings (SSSR count). The van der Waals surface area contributed by atoms with Gasteiger partial charge in [0.25, 0.3) is 5.91 Å². The second-order valence-corrected chi connectivity index (χ2v) is 9.02. The number of carbonyl (C=O) groups excluding carboxylic acids is 1. The Morgan fingerprint density at radius 1 is 1.12 bits per heavy atom. The SMILES string of the molecule is CC1CC(CCC(=O)O)(NC(=O)c2cccc3ccn(Cc4ccc(C(F)(F)F)cc4)c23)C1. The van der Waals surface area contributed by atoms with E-state index in [4.69, 9.17) is 5.11 Å². The highest BCUT2D eigenvalue weighted by Crippen LogP contribution is 2.41. The highest BCUT2D eigenvalue weighted by molar-refractivity contribution is 6.06. The number of fused-ring (bicyclic) bond motifs is 1. The molecule has 1 aromatic heterocycles. The highest BCUT2D eigenvalue weighted by atomic mass is 19.4. The number of hydrogen-bond acceptors (Lipinski definition) is 2. The number of carboxylic acid groups (broad SMARTS) is 1. The van der Waals surface area contributed by atoms with Gasteiger partial charge in [-0.1, -0.05) is 31.2 Å². The summed E-state index contributed by atoms with van der Waals surface area (Å²) in [5, 5.41) is 13.0. The first kappa shape index (κ1) is 22.9. The van der Waals surface area contributed by atoms with Crippen LogP contribution in [0.3, 0.4) is 0 Å². The third kappa shape index (κ3) is 4.89. The van der Waals surface area contributed by atoms with E-state index in [1.807, 2.05) is 22.9 Å². The molecule has 2 aromatic carbocycles. The Morgan fingerprint density at radius 2 is 1.82 bits per heavy atom. The fourth-order valence-corrected chi connectivity index (χ4v) is 4.87. The number of rotatable bonds is 7. The molecule has 0 bridgehead atoms. The first-order valence-corrected chi connectivity index (χ1v) is 10.8. The van der Waals surface area contributed by atoms with Gasteiger partial charge in [0.2, 0.25) is 0 Å². The highest BCUT2D eigenvalue weighted by Gasteiger charge is 2.43. The number of nitrogens with zero attached hydrogens (tertiary/aromatic N) is 1. The van der Waals surface area contributed by atoms with Crippen LogP contribution in [-0.2, 0) is 17.5 Å². The molecule has 1 amide bonds. The topological polar surface area (TPSA) is 71.3 Å². The molecule has 0 saturated heterocycles. The van der Waals surface area contributed by atoms with E-state index < -0.39 is 23.2 Å². The molecule has 1 fully saturated rings. The minimum atomic E-state index is -4.39. The van der Waals surface area contributed by atoms with Crippen LogP contribution in [0.5, 0.6) is 0 Å². The van der Waals surface area contributed by atoms with Gasteiger partial charge >= 0.3 is 12.1 Å². The Labute approximate surface area is 189 Å². The van der Waals surface area contributed by atoms with Crippen molar-refractivity contribution >= 4 is 22.8 Å². The molecule has 0 atom stereocenters. The minimum absolute atomic E-state index is 0.0124. The molecule has 8 heteroatoms. The molecule has 33 heavy (non-hydrogen) atoms. The van der Waals surface area contributed by atoms with Gasteiger partial charge in [-0.3, -0.25) is 9.59 Å². The van der Waals surface area contributed by atoms with E-state index in [9.17, 15) is 22.8 Å². The molecular formula is C25H25F3N2O3. The van der Waals surface area contributed by atoms with Gasteiger partial charge in [-0.2, -0.15) is 13.2 Å². The summed E-state index contributed by atoms with van der Waals surface area (Å²) in [7, 11) is 0. The van der Waals surface area contributed by atoms with Gasteiger partial charge in [-0.15, -0.1) is 0 Å². The first-order chi connectivity index (χ1) is 15.6. The lowest BCUT2D eigenvalue weighted by Crippen LogP contribution is -2.57. The third-order valence-electron chi connectivity index (χ3n) is 6.34. The quantitative estimate of drug-likeness (QED) is 0.493. The average Bonchev–Trinajstić information content (AvgIpc) is 3.13. The van der Waals surface area contributed by atoms with Crippen LogP contribution in [0.15, 0.2) is 54.7 Å². The van der Waals surface area contributed by atoms with Gasteiger partial charge in [0.1, 0.15) is 0 Å². The molecule has 0 unspecified atom stereocenters. The van der Waals surface area contributed by atoms with Crippen LogP contribution >= 0.6 is 0 Å². The summed E-state index contributed by atoms with van der Waals surface area (Å²) in [6.45, 7) is 2.38. The number of benzene rings is 2. The molecule has 1 aliphatic rings. The summed E-state index contributed by atoms with van der Waals surface area (Å²) < 4.78 is 40.4. The second-order valence-electron chi connectivity index (χ2n) is 9.02. The number of para-hydroxylation sites is 1. The molecule has 1 heterocycles. The summed E-state index contributed by atoms with van der Waals surface area (Å²) >= 11 is 0. The largest absolute Gasteiger partial charge is 0.481 e. The van der Waals surface area contributed by atoms with Crippen LogP contribution in [-0.4, -0.2) is 27.1 Å². The minimum Gasteiger partial charge on any atom is -0.481 e. The molecule has 1 aliphatic carbocycles. The van der Waals surface area contributed by atoms with E-state index in [1.54, 1.807) is 12.1 Å². The van der Waals surface area contributed by atoms with Crippen molar-refractivity contribution in [3.63, 3.8) is 0 Å². The Hall–Kier alpha value is -3.29. The van der Waals surface area contributed by atoms with Gasteiger partial charge in [-0.25, -0.2) is 0 Å². The summed E-state index contributed by atoms with van der Waals surface area (Å²) in [5.74, 6) is -0.751. The van der Waals surface area contributed by atoms with Crippen molar-refractivity contribution in [3.8, 4) is 0 Å². The zero-order chi connectivity index (χ0) is 23.8. The molecular weight excluding hydrogens is 433 g/mol. The van der Waals surface area contributed by atoms with Crippen molar-refractivity contribution < 1.29 is 27.9 Å². The van der Waals surface area contributed by atoms with Crippen molar-refractivity contribution in [2.24, 2.45) is 5.92 Å². The van der Waals surface area contributed by atoms with Crippen molar-refractivity contribution in [1.82, 2.24) is 9.88 Å². The van der Waals surface area contributed by atoms with Crippen molar-refractivity contribution in [2.75, 3.05) is 0 Å². The predicted octanol–water partition coefficient (Wildman–Crippen LogP) is 5.47. The van der Waals surface area contributed by atoms with Gasteiger partial charge in [0.05, 0.1) is 16.6 Å². The predicted molar refractivity (Wildman–Crippen MR) is 118 cm³/mol. The van der Waals surface area contributed by atoms with Crippen LogP contribution < -0.4 is 5.32 Å². The molecule has 2 N–H and O–H groups in total. The fraction of sp³-hybridized carbons (Fsp3) is 0.360. The summed E-state index contributed by atoms with van der Waals surface area (Å²) in [5.41, 5.74) is 0.600. The van der Waals surface area contributed by atoms with Crippen molar-refractivity contribution in [2.45, 2.75) is 50.9 Å². The maximum Gasteiger partial charge on any atom is 0.416 e. The molecule has 1 saturated carbocycles. The van der Waals surface area contributed by atoms with Crippen LogP contribution in [0.2, 0.25) is 0 Å². The monoisotopic (exact) mass is 458 g/mol. The third-order valence-corrected chi connectivity index (χ3v) is 6.34. The van der Waals surface area contributed by atoms with E-state index in [1.165, 1.54) is 12.1 Å². The number of hydrogen-bond donors (Lipinski definition) is 2. The smallest absolute Gasteiger partial charge is 0.416 e. The van der Waals surface area contributed by atoms with Crippen LogP contribution in [0, 0.1) is 5.92 Å². The number of carboxylic acids is 1. The van der Waals surface area contributed by atoms with E-state index in [2.05, 4.69) is 12.2 Å².